The standard InChI is InChI=1S/C16H23NO3.Na/c1-13(2)17(14-9-5-3-6-10-14)15(18)11-7-4-8-12-16(19)20;/h3,5-6,9-10,13H,4,7-8,11-12H2,1-2H3,(H,19,20);/q;+1/p-1. The van der Waals surface area contributed by atoms with E-state index in [-0.39, 0.29) is 47.9 Å². The van der Waals surface area contributed by atoms with Gasteiger partial charge in [-0.25, -0.2) is 0 Å². The minimum absolute atomic E-state index is 0. The van der Waals surface area contributed by atoms with Crippen LogP contribution in [0.3, 0.4) is 0 Å². The molecule has 1 aromatic carbocycles. The van der Waals surface area contributed by atoms with Crippen molar-refractivity contribution in [3.8, 4) is 0 Å². The Morgan fingerprint density at radius 3 is 2.14 bits per heavy atom. The van der Waals surface area contributed by atoms with Crippen LogP contribution in [0.2, 0.25) is 0 Å². The summed E-state index contributed by atoms with van der Waals surface area (Å²) in [4.78, 5) is 24.4. The van der Waals surface area contributed by atoms with Crippen molar-refractivity contribution in [1.29, 1.82) is 0 Å². The van der Waals surface area contributed by atoms with Crippen LogP contribution in [0.15, 0.2) is 30.3 Å². The number of amides is 1. The van der Waals surface area contributed by atoms with Gasteiger partial charge in [0, 0.05) is 24.1 Å². The Balaban J connectivity index is 0.00000400. The minimum Gasteiger partial charge on any atom is -0.550 e. The summed E-state index contributed by atoms with van der Waals surface area (Å²) in [5.74, 6) is -0.941. The summed E-state index contributed by atoms with van der Waals surface area (Å²) >= 11 is 0. The molecular formula is C16H22NNaO3. The van der Waals surface area contributed by atoms with Gasteiger partial charge in [-0.05, 0) is 45.2 Å². The summed E-state index contributed by atoms with van der Waals surface area (Å²) in [6, 6.07) is 9.71. The van der Waals surface area contributed by atoms with Gasteiger partial charge in [-0.15, -0.1) is 0 Å². The Labute approximate surface area is 148 Å². The molecule has 0 heterocycles. The molecule has 0 unspecified atom stereocenters. The zero-order valence-electron chi connectivity index (χ0n) is 13.2. The molecule has 1 amide bonds. The molecule has 0 radical (unpaired) electrons. The average Bonchev–Trinajstić information content (AvgIpc) is 2.39. The molecule has 0 saturated heterocycles. The van der Waals surface area contributed by atoms with E-state index in [1.165, 1.54) is 0 Å². The first-order chi connectivity index (χ1) is 9.52. The first-order valence-corrected chi connectivity index (χ1v) is 7.09. The molecule has 1 rings (SSSR count). The fourth-order valence-corrected chi connectivity index (χ4v) is 2.16. The van der Waals surface area contributed by atoms with Crippen LogP contribution in [-0.4, -0.2) is 17.9 Å². The van der Waals surface area contributed by atoms with Gasteiger partial charge in [-0.2, -0.15) is 0 Å². The third-order valence-corrected chi connectivity index (χ3v) is 3.09. The molecule has 0 aliphatic carbocycles. The van der Waals surface area contributed by atoms with Crippen molar-refractivity contribution in [2.24, 2.45) is 0 Å². The quantitative estimate of drug-likeness (QED) is 0.463. The van der Waals surface area contributed by atoms with Crippen molar-refractivity contribution in [1.82, 2.24) is 0 Å². The number of carbonyl (C=O) groups is 2. The predicted molar refractivity (Wildman–Crippen MR) is 77.2 cm³/mol. The second-order valence-corrected chi connectivity index (χ2v) is 5.13. The number of nitrogens with zero attached hydrogens (tertiary/aromatic N) is 1. The Hall–Kier alpha value is -0.840. The topological polar surface area (TPSA) is 60.4 Å². The third kappa shape index (κ3) is 7.65. The third-order valence-electron chi connectivity index (χ3n) is 3.09. The fourth-order valence-electron chi connectivity index (χ4n) is 2.16. The maximum Gasteiger partial charge on any atom is 1.00 e. The number of hydrogen-bond donors (Lipinski definition) is 0. The largest absolute Gasteiger partial charge is 1.00 e. The maximum atomic E-state index is 12.3. The zero-order valence-corrected chi connectivity index (χ0v) is 15.2. The molecule has 0 bridgehead atoms. The van der Waals surface area contributed by atoms with Gasteiger partial charge in [0.1, 0.15) is 0 Å². The summed E-state index contributed by atoms with van der Waals surface area (Å²) < 4.78 is 0. The van der Waals surface area contributed by atoms with Gasteiger partial charge < -0.3 is 14.8 Å². The second kappa shape index (κ2) is 10.8. The van der Waals surface area contributed by atoms with E-state index in [2.05, 4.69) is 0 Å². The molecule has 0 aliphatic heterocycles. The summed E-state index contributed by atoms with van der Waals surface area (Å²) in [7, 11) is 0. The zero-order chi connectivity index (χ0) is 15.0. The van der Waals surface area contributed by atoms with Gasteiger partial charge in [0.05, 0.1) is 0 Å². The number of carboxylic acids is 1. The fraction of sp³-hybridized carbons (Fsp3) is 0.500. The van der Waals surface area contributed by atoms with E-state index in [0.29, 0.717) is 19.3 Å². The van der Waals surface area contributed by atoms with Crippen LogP contribution in [0.4, 0.5) is 5.69 Å². The SMILES string of the molecule is CC(C)N(C(=O)CCCCCC(=O)[O-])c1ccccc1.[Na+]. The van der Waals surface area contributed by atoms with Crippen LogP contribution >= 0.6 is 0 Å². The summed E-state index contributed by atoms with van der Waals surface area (Å²) in [5, 5.41) is 10.3. The monoisotopic (exact) mass is 299 g/mol. The van der Waals surface area contributed by atoms with Gasteiger partial charge in [0.15, 0.2) is 0 Å². The number of anilines is 1. The molecule has 0 saturated carbocycles. The van der Waals surface area contributed by atoms with E-state index in [1.807, 2.05) is 44.2 Å². The Morgan fingerprint density at radius 2 is 1.62 bits per heavy atom. The van der Waals surface area contributed by atoms with Crippen LogP contribution in [0.1, 0.15) is 46.0 Å². The van der Waals surface area contributed by atoms with Gasteiger partial charge in [0.2, 0.25) is 5.91 Å². The molecule has 0 atom stereocenters. The number of carbonyl (C=O) groups excluding carboxylic acids is 2. The van der Waals surface area contributed by atoms with Crippen LogP contribution in [0.25, 0.3) is 0 Å². The van der Waals surface area contributed by atoms with E-state index >= 15 is 0 Å². The van der Waals surface area contributed by atoms with Gasteiger partial charge >= 0.3 is 29.6 Å². The van der Waals surface area contributed by atoms with Crippen molar-refractivity contribution in [3.63, 3.8) is 0 Å². The van der Waals surface area contributed by atoms with E-state index in [4.69, 9.17) is 0 Å². The average molecular weight is 299 g/mol. The number of hydrogen-bond acceptors (Lipinski definition) is 3. The van der Waals surface area contributed by atoms with E-state index in [9.17, 15) is 14.7 Å². The summed E-state index contributed by atoms with van der Waals surface area (Å²) in [6.07, 6.45) is 2.53. The van der Waals surface area contributed by atoms with Crippen molar-refractivity contribution in [2.75, 3.05) is 4.90 Å². The smallest absolute Gasteiger partial charge is 0.550 e. The molecule has 0 N–H and O–H groups in total. The Morgan fingerprint density at radius 1 is 1.05 bits per heavy atom. The molecule has 0 spiro atoms. The number of unbranched alkanes of at least 4 members (excludes halogenated alkanes) is 2. The molecule has 4 nitrogen and oxygen atoms in total. The van der Waals surface area contributed by atoms with Crippen LogP contribution in [-0.2, 0) is 9.59 Å². The molecule has 1 aromatic rings. The number of benzene rings is 1. The summed E-state index contributed by atoms with van der Waals surface area (Å²) in [5.41, 5.74) is 0.905. The number of para-hydroxylation sites is 1. The van der Waals surface area contributed by atoms with Crippen LogP contribution in [0, 0.1) is 0 Å². The minimum atomic E-state index is -1.02. The summed E-state index contributed by atoms with van der Waals surface area (Å²) in [6.45, 7) is 3.97. The van der Waals surface area contributed by atoms with Gasteiger partial charge in [-0.3, -0.25) is 4.79 Å². The van der Waals surface area contributed by atoms with Crippen LogP contribution in [0.5, 0.6) is 0 Å². The van der Waals surface area contributed by atoms with Crippen molar-refractivity contribution < 1.29 is 44.3 Å². The van der Waals surface area contributed by atoms with E-state index < -0.39 is 5.97 Å². The molecule has 5 heteroatoms. The van der Waals surface area contributed by atoms with Crippen LogP contribution < -0.4 is 39.6 Å². The number of rotatable bonds is 8. The normalized spacial score (nSPS) is 10.0. The first kappa shape index (κ1) is 20.2. The Bertz CT molecular complexity index is 434. The second-order valence-electron chi connectivity index (χ2n) is 5.13. The predicted octanol–water partition coefficient (Wildman–Crippen LogP) is -0.868. The molecule has 0 fully saturated rings. The van der Waals surface area contributed by atoms with Crippen molar-refractivity contribution in [3.05, 3.63) is 30.3 Å². The first-order valence-electron chi connectivity index (χ1n) is 7.09. The molecular weight excluding hydrogens is 277 g/mol. The van der Waals surface area contributed by atoms with Gasteiger partial charge in [0.25, 0.3) is 0 Å². The molecule has 0 aromatic heterocycles. The molecule has 110 valence electrons. The van der Waals surface area contributed by atoms with E-state index in [0.717, 1.165) is 12.1 Å². The molecule has 0 aliphatic rings. The van der Waals surface area contributed by atoms with Gasteiger partial charge in [-0.1, -0.05) is 24.6 Å². The maximum absolute atomic E-state index is 12.3. The number of carboxylic acid groups (broad SMARTS) is 1. The van der Waals surface area contributed by atoms with Crippen molar-refractivity contribution in [2.45, 2.75) is 52.0 Å². The Kier molecular flexibility index (Phi) is 10.4. The molecule has 21 heavy (non-hydrogen) atoms. The number of aliphatic carboxylic acids is 1. The van der Waals surface area contributed by atoms with E-state index in [1.54, 1.807) is 4.90 Å². The van der Waals surface area contributed by atoms with Crippen molar-refractivity contribution >= 4 is 17.6 Å².